The average Bonchev–Trinajstić information content (AvgIpc) is 3.19. The molecular weight excluding hydrogens is 490 g/mol. The number of ketones is 1. The molecule has 0 radical (unpaired) electrons. The Kier molecular flexibility index (Phi) is 6.93. The third-order valence-electron chi connectivity index (χ3n) is 6.28. The second-order valence-electron chi connectivity index (χ2n) is 8.68. The number of para-hydroxylation sites is 1. The van der Waals surface area contributed by atoms with E-state index in [9.17, 15) is 18.0 Å². The number of nitrogens with one attached hydrogen (secondary N) is 2. The fourth-order valence-corrected chi connectivity index (χ4v) is 5.46. The van der Waals surface area contributed by atoms with Gasteiger partial charge in [-0.05, 0) is 61.5 Å². The Bertz CT molecular complexity index is 1540. The number of hydrogen-bond acceptors (Lipinski definition) is 7. The van der Waals surface area contributed by atoms with Gasteiger partial charge in [-0.25, -0.2) is 8.42 Å². The smallest absolute Gasteiger partial charge is 0.261 e. The first-order valence-corrected chi connectivity index (χ1v) is 13.3. The van der Waals surface area contributed by atoms with Crippen molar-refractivity contribution < 1.29 is 18.0 Å². The van der Waals surface area contributed by atoms with Crippen molar-refractivity contribution in [2.45, 2.75) is 17.4 Å². The summed E-state index contributed by atoms with van der Waals surface area (Å²) in [4.78, 5) is 36.5. The van der Waals surface area contributed by atoms with Crippen molar-refractivity contribution in [3.63, 3.8) is 0 Å². The molecule has 1 unspecified atom stereocenters. The number of sulfonamides is 1. The van der Waals surface area contributed by atoms with E-state index in [-0.39, 0.29) is 16.6 Å². The first-order valence-electron chi connectivity index (χ1n) is 11.9. The van der Waals surface area contributed by atoms with Gasteiger partial charge in [-0.15, -0.1) is 0 Å². The van der Waals surface area contributed by atoms with E-state index in [2.05, 4.69) is 20.0 Å². The number of carbonyl (C=O) groups is 2. The van der Waals surface area contributed by atoms with Crippen LogP contribution >= 0.6 is 0 Å². The van der Waals surface area contributed by atoms with Gasteiger partial charge >= 0.3 is 0 Å². The van der Waals surface area contributed by atoms with Crippen LogP contribution in [0.15, 0.2) is 90.2 Å². The van der Waals surface area contributed by atoms with Crippen molar-refractivity contribution in [2.75, 3.05) is 24.4 Å². The molecule has 1 atom stereocenters. The van der Waals surface area contributed by atoms with Crippen molar-refractivity contribution >= 4 is 38.3 Å². The number of Topliss-reactive ketones (excluding diaryl/α,β-unsaturated/α-hetero) is 1. The fourth-order valence-electron chi connectivity index (χ4n) is 4.40. The second kappa shape index (κ2) is 10.5. The Morgan fingerprint density at radius 2 is 1.68 bits per heavy atom. The number of fused-ring (bicyclic) bond motifs is 1. The van der Waals surface area contributed by atoms with Gasteiger partial charge in [0.2, 0.25) is 0 Å². The number of amides is 1. The van der Waals surface area contributed by atoms with Crippen LogP contribution in [-0.2, 0) is 10.0 Å². The molecule has 2 aromatic heterocycles. The quantitative estimate of drug-likeness (QED) is 0.379. The maximum absolute atomic E-state index is 13.5. The molecule has 1 aliphatic heterocycles. The molecule has 188 valence electrons. The van der Waals surface area contributed by atoms with Crippen LogP contribution in [0.4, 0.5) is 5.69 Å². The Morgan fingerprint density at radius 1 is 0.919 bits per heavy atom. The summed E-state index contributed by atoms with van der Waals surface area (Å²) in [5, 5.41) is 4.04. The van der Waals surface area contributed by atoms with Crippen LogP contribution in [0, 0.1) is 0 Å². The zero-order valence-electron chi connectivity index (χ0n) is 19.9. The van der Waals surface area contributed by atoms with Gasteiger partial charge in [0.05, 0.1) is 16.1 Å². The molecule has 0 spiro atoms. The van der Waals surface area contributed by atoms with Crippen LogP contribution in [0.1, 0.15) is 27.1 Å². The summed E-state index contributed by atoms with van der Waals surface area (Å²) < 4.78 is 28.8. The second-order valence-corrected chi connectivity index (χ2v) is 10.4. The zero-order valence-corrected chi connectivity index (χ0v) is 20.7. The molecule has 9 nitrogen and oxygen atoms in total. The number of nitrogens with zero attached hydrogens (tertiary/aromatic N) is 3. The van der Waals surface area contributed by atoms with Gasteiger partial charge in [-0.3, -0.25) is 24.3 Å². The maximum Gasteiger partial charge on any atom is 0.261 e. The lowest BCUT2D eigenvalue weighted by Crippen LogP contribution is -2.48. The SMILES string of the molecule is O=C(c1ccncc1)C1CNCCCN1C(=O)c1ccc(S(=O)(=O)Nc2cccc3cccnc23)cc1. The Morgan fingerprint density at radius 3 is 2.46 bits per heavy atom. The molecule has 1 fully saturated rings. The van der Waals surface area contributed by atoms with Crippen molar-refractivity contribution in [1.82, 2.24) is 20.2 Å². The minimum absolute atomic E-state index is 0.0129. The van der Waals surface area contributed by atoms with Crippen LogP contribution in [0.5, 0.6) is 0 Å². The van der Waals surface area contributed by atoms with E-state index in [1.54, 1.807) is 53.8 Å². The Labute approximate surface area is 214 Å². The summed E-state index contributed by atoms with van der Waals surface area (Å²) in [5.41, 5.74) is 1.70. The maximum atomic E-state index is 13.5. The molecule has 37 heavy (non-hydrogen) atoms. The summed E-state index contributed by atoms with van der Waals surface area (Å²) in [6.45, 7) is 1.43. The Hall–Kier alpha value is -4.15. The summed E-state index contributed by atoms with van der Waals surface area (Å²) >= 11 is 0. The normalized spacial score (nSPS) is 16.2. The summed E-state index contributed by atoms with van der Waals surface area (Å²) in [6, 6.07) is 17.2. The van der Waals surface area contributed by atoms with Gasteiger partial charge in [0.1, 0.15) is 6.04 Å². The molecule has 1 amide bonds. The number of benzene rings is 2. The average molecular weight is 516 g/mol. The van der Waals surface area contributed by atoms with Crippen LogP contribution < -0.4 is 10.0 Å². The third kappa shape index (κ3) is 5.20. The predicted octanol–water partition coefficient (Wildman–Crippen LogP) is 3.12. The molecule has 0 saturated carbocycles. The molecule has 1 aliphatic rings. The standard InChI is InChI=1S/C27H25N5O4S/c33-26(20-11-15-28-16-12-20)24-18-29-13-3-17-32(24)27(34)21-7-9-22(10-8-21)37(35,36)31-23-6-1-4-19-5-2-14-30-25(19)23/h1-2,4-12,14-16,24,29,31H,3,13,17-18H2. The molecular formula is C27H25N5O4S. The molecule has 3 heterocycles. The van der Waals surface area contributed by atoms with Crippen molar-refractivity contribution in [3.05, 3.63) is 96.4 Å². The van der Waals surface area contributed by atoms with E-state index in [1.807, 2.05) is 12.1 Å². The molecule has 5 rings (SSSR count). The molecule has 10 heteroatoms. The highest BCUT2D eigenvalue weighted by atomic mass is 32.2. The topological polar surface area (TPSA) is 121 Å². The first kappa shape index (κ1) is 24.5. The number of rotatable bonds is 6. The van der Waals surface area contributed by atoms with E-state index < -0.39 is 16.1 Å². The summed E-state index contributed by atoms with van der Waals surface area (Å²) in [5.74, 6) is -0.497. The highest BCUT2D eigenvalue weighted by Crippen LogP contribution is 2.24. The monoisotopic (exact) mass is 515 g/mol. The van der Waals surface area contributed by atoms with Crippen LogP contribution in [-0.4, -0.2) is 60.7 Å². The van der Waals surface area contributed by atoms with Gasteiger partial charge in [-0.1, -0.05) is 18.2 Å². The predicted molar refractivity (Wildman–Crippen MR) is 140 cm³/mol. The highest BCUT2D eigenvalue weighted by Gasteiger charge is 2.32. The molecule has 0 bridgehead atoms. The number of anilines is 1. The van der Waals surface area contributed by atoms with E-state index in [4.69, 9.17) is 0 Å². The van der Waals surface area contributed by atoms with Crippen LogP contribution in [0.3, 0.4) is 0 Å². The van der Waals surface area contributed by atoms with E-state index >= 15 is 0 Å². The van der Waals surface area contributed by atoms with Gasteiger partial charge in [0.15, 0.2) is 5.78 Å². The minimum Gasteiger partial charge on any atom is -0.327 e. The first-order chi connectivity index (χ1) is 17.9. The lowest BCUT2D eigenvalue weighted by Gasteiger charge is -2.29. The zero-order chi connectivity index (χ0) is 25.8. The fraction of sp³-hybridized carbons (Fsp3) is 0.185. The van der Waals surface area contributed by atoms with Crippen molar-refractivity contribution in [3.8, 4) is 0 Å². The summed E-state index contributed by atoms with van der Waals surface area (Å²) in [7, 11) is -3.92. The third-order valence-corrected chi connectivity index (χ3v) is 7.66. The number of hydrogen-bond donors (Lipinski definition) is 2. The van der Waals surface area contributed by atoms with Gasteiger partial charge in [-0.2, -0.15) is 0 Å². The van der Waals surface area contributed by atoms with Crippen LogP contribution in [0.25, 0.3) is 10.9 Å². The highest BCUT2D eigenvalue weighted by molar-refractivity contribution is 7.92. The largest absolute Gasteiger partial charge is 0.327 e. The molecule has 2 aromatic carbocycles. The van der Waals surface area contributed by atoms with E-state index in [1.165, 1.54) is 24.3 Å². The Balaban J connectivity index is 1.38. The van der Waals surface area contributed by atoms with Crippen molar-refractivity contribution in [1.29, 1.82) is 0 Å². The van der Waals surface area contributed by atoms with Gasteiger partial charge < -0.3 is 10.2 Å². The molecule has 4 aromatic rings. The summed E-state index contributed by atoms with van der Waals surface area (Å²) in [6.07, 6.45) is 5.39. The van der Waals surface area contributed by atoms with Crippen molar-refractivity contribution in [2.24, 2.45) is 0 Å². The van der Waals surface area contributed by atoms with Gasteiger partial charge in [0, 0.05) is 48.2 Å². The van der Waals surface area contributed by atoms with E-state index in [0.717, 1.165) is 5.39 Å². The minimum atomic E-state index is -3.92. The van der Waals surface area contributed by atoms with Crippen LogP contribution in [0.2, 0.25) is 0 Å². The molecule has 0 aliphatic carbocycles. The van der Waals surface area contributed by atoms with Gasteiger partial charge in [0.25, 0.3) is 15.9 Å². The molecule has 1 saturated heterocycles. The number of carbonyl (C=O) groups excluding carboxylic acids is 2. The lowest BCUT2D eigenvalue weighted by atomic mass is 10.0. The lowest BCUT2D eigenvalue weighted by molar-refractivity contribution is 0.0626. The number of aromatic nitrogens is 2. The molecule has 2 N–H and O–H groups in total. The number of pyridine rings is 2. The van der Waals surface area contributed by atoms with E-state index in [0.29, 0.717) is 48.4 Å².